The molecule has 2 N–H and O–H groups in total. The third kappa shape index (κ3) is 3.73. The van der Waals surface area contributed by atoms with Gasteiger partial charge in [-0.25, -0.2) is 0 Å². The van der Waals surface area contributed by atoms with Gasteiger partial charge in [0, 0.05) is 41.8 Å². The second-order valence-electron chi connectivity index (χ2n) is 8.40. The van der Waals surface area contributed by atoms with Gasteiger partial charge in [-0.1, -0.05) is 35.3 Å². The van der Waals surface area contributed by atoms with Crippen molar-refractivity contribution in [2.75, 3.05) is 25.0 Å². The lowest BCUT2D eigenvalue weighted by Crippen LogP contribution is -2.59. The molecule has 2 fully saturated rings. The highest BCUT2D eigenvalue weighted by Crippen LogP contribution is 2.43. The zero-order valence-corrected chi connectivity index (χ0v) is 17.5. The SMILES string of the molecule is O=C1NC2(COC3(CCN(Cc4ccc(Cl)cc4)CC3)C2)Nc2ccc(Cl)cc21. The van der Waals surface area contributed by atoms with Gasteiger partial charge < -0.3 is 15.4 Å². The van der Waals surface area contributed by atoms with Crippen LogP contribution in [-0.2, 0) is 11.3 Å². The van der Waals surface area contributed by atoms with Crippen LogP contribution in [0.25, 0.3) is 0 Å². The summed E-state index contributed by atoms with van der Waals surface area (Å²) in [4.78, 5) is 15.1. The Morgan fingerprint density at radius 1 is 1.00 bits per heavy atom. The number of hydrogen-bond donors (Lipinski definition) is 2. The molecule has 5 rings (SSSR count). The van der Waals surface area contributed by atoms with E-state index < -0.39 is 5.66 Å². The van der Waals surface area contributed by atoms with Crippen molar-refractivity contribution in [3.63, 3.8) is 0 Å². The highest BCUT2D eigenvalue weighted by Gasteiger charge is 2.53. The molecule has 152 valence electrons. The van der Waals surface area contributed by atoms with Crippen LogP contribution in [0.15, 0.2) is 42.5 Å². The Hall–Kier alpha value is -1.79. The lowest BCUT2D eigenvalue weighted by atomic mass is 9.84. The molecule has 0 aliphatic carbocycles. The smallest absolute Gasteiger partial charge is 0.255 e. The Labute approximate surface area is 180 Å². The van der Waals surface area contributed by atoms with Crippen LogP contribution in [0, 0.1) is 0 Å². The minimum atomic E-state index is -0.545. The zero-order valence-electron chi connectivity index (χ0n) is 16.0. The van der Waals surface area contributed by atoms with Crippen LogP contribution in [0.5, 0.6) is 0 Å². The molecule has 0 bridgehead atoms. The van der Waals surface area contributed by atoms with Crippen LogP contribution in [-0.4, -0.2) is 41.8 Å². The Kier molecular flexibility index (Phi) is 4.74. The number of carbonyl (C=O) groups is 1. The van der Waals surface area contributed by atoms with E-state index in [9.17, 15) is 4.79 Å². The molecule has 1 atom stereocenters. The standard InChI is InChI=1S/C22H23Cl2N3O2/c23-16-3-1-15(2-4-16)12-27-9-7-21(8-10-27)13-22(14-29-21)25-19-6-5-17(24)11-18(19)20(28)26-22/h1-6,11,25H,7-10,12-14H2,(H,26,28). The number of benzene rings is 2. The van der Waals surface area contributed by atoms with Crippen molar-refractivity contribution in [1.29, 1.82) is 0 Å². The lowest BCUT2D eigenvalue weighted by molar-refractivity contribution is -0.0452. The molecule has 2 spiro atoms. The molecule has 3 heterocycles. The van der Waals surface area contributed by atoms with Gasteiger partial charge in [0.25, 0.3) is 5.91 Å². The second kappa shape index (κ2) is 7.17. The summed E-state index contributed by atoms with van der Waals surface area (Å²) in [5.74, 6) is -0.0953. The Morgan fingerprint density at radius 3 is 2.48 bits per heavy atom. The molecule has 3 aliphatic heterocycles. The van der Waals surface area contributed by atoms with Crippen LogP contribution in [0.4, 0.5) is 5.69 Å². The Balaban J connectivity index is 1.25. The third-order valence-corrected chi connectivity index (χ3v) is 6.78. The van der Waals surface area contributed by atoms with E-state index in [2.05, 4.69) is 27.7 Å². The first-order chi connectivity index (χ1) is 13.9. The van der Waals surface area contributed by atoms with Gasteiger partial charge in [-0.05, 0) is 48.7 Å². The molecule has 0 saturated carbocycles. The highest BCUT2D eigenvalue weighted by molar-refractivity contribution is 6.31. The largest absolute Gasteiger partial charge is 0.370 e. The van der Waals surface area contributed by atoms with E-state index in [1.807, 2.05) is 18.2 Å². The van der Waals surface area contributed by atoms with Crippen molar-refractivity contribution in [1.82, 2.24) is 10.2 Å². The van der Waals surface area contributed by atoms with Gasteiger partial charge in [-0.2, -0.15) is 0 Å². The van der Waals surface area contributed by atoms with Gasteiger partial charge in [0.05, 0.1) is 17.8 Å². The van der Waals surface area contributed by atoms with Gasteiger partial charge in [-0.15, -0.1) is 0 Å². The average molecular weight is 432 g/mol. The fourth-order valence-electron chi connectivity index (χ4n) is 4.76. The molecule has 0 radical (unpaired) electrons. The quantitative estimate of drug-likeness (QED) is 0.743. The van der Waals surface area contributed by atoms with E-state index in [0.29, 0.717) is 17.2 Å². The summed E-state index contributed by atoms with van der Waals surface area (Å²) in [6, 6.07) is 13.4. The summed E-state index contributed by atoms with van der Waals surface area (Å²) in [6.45, 7) is 3.33. The maximum Gasteiger partial charge on any atom is 0.255 e. The molecule has 1 amide bonds. The van der Waals surface area contributed by atoms with Gasteiger partial charge in [0.1, 0.15) is 5.66 Å². The molecule has 0 aromatic heterocycles. The topological polar surface area (TPSA) is 53.6 Å². The van der Waals surface area contributed by atoms with E-state index in [1.165, 1.54) is 5.56 Å². The number of fused-ring (bicyclic) bond motifs is 1. The zero-order chi connectivity index (χ0) is 20.1. The summed E-state index contributed by atoms with van der Waals surface area (Å²) >= 11 is 12.0. The van der Waals surface area contributed by atoms with Gasteiger partial charge in [-0.3, -0.25) is 9.69 Å². The van der Waals surface area contributed by atoms with Gasteiger partial charge >= 0.3 is 0 Å². The predicted octanol–water partition coefficient (Wildman–Crippen LogP) is 4.30. The highest BCUT2D eigenvalue weighted by atomic mass is 35.5. The second-order valence-corrected chi connectivity index (χ2v) is 9.28. The number of anilines is 1. The van der Waals surface area contributed by atoms with Crippen molar-refractivity contribution in [2.24, 2.45) is 0 Å². The van der Waals surface area contributed by atoms with Crippen molar-refractivity contribution in [2.45, 2.75) is 37.1 Å². The van der Waals surface area contributed by atoms with E-state index in [-0.39, 0.29) is 11.5 Å². The van der Waals surface area contributed by atoms with Crippen molar-refractivity contribution >= 4 is 34.8 Å². The number of halogens is 2. The first-order valence-electron chi connectivity index (χ1n) is 9.95. The molecule has 2 aromatic rings. The number of hydrogen-bond acceptors (Lipinski definition) is 4. The summed E-state index contributed by atoms with van der Waals surface area (Å²) in [6.07, 6.45) is 2.67. The number of piperidine rings is 1. The summed E-state index contributed by atoms with van der Waals surface area (Å²) in [5.41, 5.74) is 1.93. The van der Waals surface area contributed by atoms with E-state index in [4.69, 9.17) is 27.9 Å². The maximum atomic E-state index is 12.7. The van der Waals surface area contributed by atoms with Gasteiger partial charge in [0.2, 0.25) is 0 Å². The minimum Gasteiger partial charge on any atom is -0.370 e. The first-order valence-corrected chi connectivity index (χ1v) is 10.7. The molecule has 5 nitrogen and oxygen atoms in total. The normalized spacial score (nSPS) is 25.7. The molecule has 2 saturated heterocycles. The molecular weight excluding hydrogens is 409 g/mol. The number of nitrogens with zero attached hydrogens (tertiary/aromatic N) is 1. The van der Waals surface area contributed by atoms with Crippen LogP contribution in [0.3, 0.4) is 0 Å². The van der Waals surface area contributed by atoms with E-state index >= 15 is 0 Å². The summed E-state index contributed by atoms with van der Waals surface area (Å²) < 4.78 is 6.33. The van der Waals surface area contributed by atoms with Gasteiger partial charge in [0.15, 0.2) is 0 Å². The summed E-state index contributed by atoms with van der Waals surface area (Å²) in [7, 11) is 0. The fraction of sp³-hybridized carbons (Fsp3) is 0.409. The fourth-order valence-corrected chi connectivity index (χ4v) is 5.06. The average Bonchev–Trinajstić information content (AvgIpc) is 3.04. The molecule has 3 aliphatic rings. The first kappa shape index (κ1) is 19.2. The van der Waals surface area contributed by atoms with Crippen LogP contribution >= 0.6 is 23.2 Å². The molecule has 7 heteroatoms. The number of nitrogens with one attached hydrogen (secondary N) is 2. The number of likely N-dealkylation sites (tertiary alicyclic amines) is 1. The van der Waals surface area contributed by atoms with E-state index in [0.717, 1.165) is 49.6 Å². The van der Waals surface area contributed by atoms with E-state index in [1.54, 1.807) is 12.1 Å². The number of rotatable bonds is 2. The minimum absolute atomic E-state index is 0.0953. The van der Waals surface area contributed by atoms with Crippen molar-refractivity contribution in [3.8, 4) is 0 Å². The van der Waals surface area contributed by atoms with Crippen LogP contribution in [0.1, 0.15) is 35.2 Å². The van der Waals surface area contributed by atoms with Crippen LogP contribution < -0.4 is 10.6 Å². The monoisotopic (exact) mass is 431 g/mol. The van der Waals surface area contributed by atoms with Crippen LogP contribution in [0.2, 0.25) is 10.0 Å². The van der Waals surface area contributed by atoms with Crippen molar-refractivity contribution in [3.05, 3.63) is 63.6 Å². The maximum absolute atomic E-state index is 12.7. The third-order valence-electron chi connectivity index (χ3n) is 6.29. The van der Waals surface area contributed by atoms with Crippen molar-refractivity contribution < 1.29 is 9.53 Å². The molecule has 29 heavy (non-hydrogen) atoms. The molecule has 2 aromatic carbocycles. The Bertz CT molecular complexity index is 942. The Morgan fingerprint density at radius 2 is 1.72 bits per heavy atom. The molecular formula is C22H23Cl2N3O2. The number of carbonyl (C=O) groups excluding carboxylic acids is 1. The lowest BCUT2D eigenvalue weighted by Gasteiger charge is -2.41. The number of ether oxygens (including phenoxy) is 1. The molecule has 1 unspecified atom stereocenters. The number of amides is 1. The predicted molar refractivity (Wildman–Crippen MR) is 115 cm³/mol. The summed E-state index contributed by atoms with van der Waals surface area (Å²) in [5, 5.41) is 7.98.